The molecule has 1 atom stereocenters. The smallest absolute Gasteiger partial charge is 0.276 e. The minimum Gasteiger partial charge on any atom is -0.368 e. The Balaban J connectivity index is 1.38. The lowest BCUT2D eigenvalue weighted by molar-refractivity contribution is -0.142. The Hall–Kier alpha value is -2.81. The summed E-state index contributed by atoms with van der Waals surface area (Å²) in [5.74, 6) is -2.15. The van der Waals surface area contributed by atoms with Crippen LogP contribution in [0.1, 0.15) is 23.3 Å². The molecule has 1 unspecified atom stereocenters. The van der Waals surface area contributed by atoms with Gasteiger partial charge in [0.2, 0.25) is 0 Å². The molecule has 7 nitrogen and oxygen atoms in total. The second kappa shape index (κ2) is 7.67. The van der Waals surface area contributed by atoms with Crippen molar-refractivity contribution in [3.8, 4) is 11.3 Å². The van der Waals surface area contributed by atoms with E-state index in [1.54, 1.807) is 9.80 Å². The summed E-state index contributed by atoms with van der Waals surface area (Å²) in [4.78, 5) is 28.3. The van der Waals surface area contributed by atoms with E-state index in [-0.39, 0.29) is 34.9 Å². The van der Waals surface area contributed by atoms with Gasteiger partial charge in [0.25, 0.3) is 11.8 Å². The second-order valence-electron chi connectivity index (χ2n) is 6.82. The van der Waals surface area contributed by atoms with E-state index in [0.29, 0.717) is 32.8 Å². The van der Waals surface area contributed by atoms with E-state index < -0.39 is 11.6 Å². The molecule has 0 N–H and O–H groups in total. The molecule has 4 rings (SSSR count). The van der Waals surface area contributed by atoms with Gasteiger partial charge in [-0.05, 0) is 31.0 Å². The van der Waals surface area contributed by atoms with Crippen LogP contribution in [0.15, 0.2) is 28.8 Å². The Morgan fingerprint density at radius 1 is 1.04 bits per heavy atom. The molecule has 2 saturated heterocycles. The van der Waals surface area contributed by atoms with Gasteiger partial charge < -0.3 is 19.1 Å². The van der Waals surface area contributed by atoms with Gasteiger partial charge in [0.1, 0.15) is 6.10 Å². The van der Waals surface area contributed by atoms with Gasteiger partial charge in [-0.2, -0.15) is 0 Å². The molecule has 28 heavy (non-hydrogen) atoms. The number of piperazine rings is 1. The van der Waals surface area contributed by atoms with E-state index in [1.165, 1.54) is 12.1 Å². The molecule has 2 aliphatic rings. The quantitative estimate of drug-likeness (QED) is 0.801. The summed E-state index contributed by atoms with van der Waals surface area (Å²) >= 11 is 0. The van der Waals surface area contributed by atoms with E-state index in [0.717, 1.165) is 25.0 Å². The first-order valence-corrected chi connectivity index (χ1v) is 9.15. The Morgan fingerprint density at radius 3 is 2.46 bits per heavy atom. The normalized spacial score (nSPS) is 19.9. The lowest BCUT2D eigenvalue weighted by Gasteiger charge is -2.35. The van der Waals surface area contributed by atoms with Crippen LogP contribution < -0.4 is 0 Å². The molecule has 0 aliphatic carbocycles. The molecule has 9 heteroatoms. The SMILES string of the molecule is O=C(c1cc(-c2ccc(F)c(F)c2)on1)N1CCN(C(=O)C2CCCO2)CC1. The summed E-state index contributed by atoms with van der Waals surface area (Å²) in [5, 5.41) is 3.75. The molecule has 0 saturated carbocycles. The van der Waals surface area contributed by atoms with Crippen molar-refractivity contribution < 1.29 is 27.6 Å². The molecule has 0 spiro atoms. The summed E-state index contributed by atoms with van der Waals surface area (Å²) in [5.41, 5.74) is 0.371. The summed E-state index contributed by atoms with van der Waals surface area (Å²) in [6.45, 7) is 2.23. The average molecular weight is 391 g/mol. The van der Waals surface area contributed by atoms with E-state index in [1.807, 2.05) is 0 Å². The molecular weight excluding hydrogens is 372 g/mol. The lowest BCUT2D eigenvalue weighted by Crippen LogP contribution is -2.52. The third-order valence-electron chi connectivity index (χ3n) is 5.02. The number of hydrogen-bond donors (Lipinski definition) is 0. The van der Waals surface area contributed by atoms with E-state index >= 15 is 0 Å². The molecule has 1 aromatic carbocycles. The second-order valence-corrected chi connectivity index (χ2v) is 6.82. The van der Waals surface area contributed by atoms with Crippen LogP contribution in [0.4, 0.5) is 8.78 Å². The molecule has 2 fully saturated rings. The number of nitrogens with zero attached hydrogens (tertiary/aromatic N) is 3. The van der Waals surface area contributed by atoms with Crippen LogP contribution in [0.25, 0.3) is 11.3 Å². The fourth-order valence-corrected chi connectivity index (χ4v) is 3.43. The molecule has 148 valence electrons. The molecule has 2 amide bonds. The number of benzene rings is 1. The zero-order chi connectivity index (χ0) is 19.7. The number of halogens is 2. The highest BCUT2D eigenvalue weighted by molar-refractivity contribution is 5.93. The van der Waals surface area contributed by atoms with Gasteiger partial charge in [0.05, 0.1) is 0 Å². The molecule has 0 bridgehead atoms. The minimum absolute atomic E-state index is 0.0216. The van der Waals surface area contributed by atoms with Crippen molar-refractivity contribution in [1.29, 1.82) is 0 Å². The van der Waals surface area contributed by atoms with Crippen molar-refractivity contribution in [3.05, 3.63) is 41.6 Å². The number of amides is 2. The maximum absolute atomic E-state index is 13.4. The van der Waals surface area contributed by atoms with Gasteiger partial charge in [-0.3, -0.25) is 9.59 Å². The third kappa shape index (κ3) is 3.62. The summed E-state index contributed by atoms with van der Waals surface area (Å²) in [6, 6.07) is 4.72. The first-order chi connectivity index (χ1) is 13.5. The van der Waals surface area contributed by atoms with Gasteiger partial charge in [0, 0.05) is 44.4 Å². The highest BCUT2D eigenvalue weighted by Gasteiger charge is 2.32. The van der Waals surface area contributed by atoms with Crippen molar-refractivity contribution >= 4 is 11.8 Å². The fourth-order valence-electron chi connectivity index (χ4n) is 3.43. The predicted molar refractivity (Wildman–Crippen MR) is 93.3 cm³/mol. The average Bonchev–Trinajstić information content (AvgIpc) is 3.41. The third-order valence-corrected chi connectivity index (χ3v) is 5.02. The van der Waals surface area contributed by atoms with Crippen molar-refractivity contribution in [2.45, 2.75) is 18.9 Å². The van der Waals surface area contributed by atoms with Gasteiger partial charge in [-0.25, -0.2) is 8.78 Å². The van der Waals surface area contributed by atoms with Crippen LogP contribution in [0.3, 0.4) is 0 Å². The lowest BCUT2D eigenvalue weighted by atomic mass is 10.1. The molecule has 1 aromatic heterocycles. The highest BCUT2D eigenvalue weighted by Crippen LogP contribution is 2.23. The van der Waals surface area contributed by atoms with E-state index in [4.69, 9.17) is 9.26 Å². The largest absolute Gasteiger partial charge is 0.368 e. The number of rotatable bonds is 3. The Labute approximate surface area is 159 Å². The Bertz CT molecular complexity index is 887. The van der Waals surface area contributed by atoms with Crippen LogP contribution in [0, 0.1) is 11.6 Å². The number of aromatic nitrogens is 1. The highest BCUT2D eigenvalue weighted by atomic mass is 19.2. The fraction of sp³-hybridized carbons (Fsp3) is 0.421. The van der Waals surface area contributed by atoms with E-state index in [9.17, 15) is 18.4 Å². The number of carbonyl (C=O) groups excluding carboxylic acids is 2. The summed E-state index contributed by atoms with van der Waals surface area (Å²) < 4.78 is 37.0. The molecule has 3 heterocycles. The number of carbonyl (C=O) groups is 2. The molecular formula is C19H19F2N3O4. The van der Waals surface area contributed by atoms with Crippen LogP contribution in [-0.2, 0) is 9.53 Å². The first kappa shape index (κ1) is 18.5. The van der Waals surface area contributed by atoms with Crippen LogP contribution in [0.5, 0.6) is 0 Å². The standard InChI is InChI=1S/C19H19F2N3O4/c20-13-4-3-12(10-14(13)21)17-11-15(22-28-17)18(25)23-5-7-24(8-6-23)19(26)16-2-1-9-27-16/h3-4,10-11,16H,1-2,5-9H2. The Morgan fingerprint density at radius 2 is 1.79 bits per heavy atom. The summed E-state index contributed by atoms with van der Waals surface area (Å²) in [6.07, 6.45) is 1.27. The monoisotopic (exact) mass is 391 g/mol. The molecule has 2 aliphatic heterocycles. The van der Waals surface area contributed by atoms with Gasteiger partial charge in [0.15, 0.2) is 23.1 Å². The van der Waals surface area contributed by atoms with Crippen molar-refractivity contribution in [2.75, 3.05) is 32.8 Å². The topological polar surface area (TPSA) is 75.9 Å². The zero-order valence-electron chi connectivity index (χ0n) is 15.1. The summed E-state index contributed by atoms with van der Waals surface area (Å²) in [7, 11) is 0. The predicted octanol–water partition coefficient (Wildman–Crippen LogP) is 2.08. The van der Waals surface area contributed by atoms with Crippen molar-refractivity contribution in [1.82, 2.24) is 15.0 Å². The van der Waals surface area contributed by atoms with Crippen LogP contribution in [-0.4, -0.2) is 65.7 Å². The van der Waals surface area contributed by atoms with Crippen molar-refractivity contribution in [3.63, 3.8) is 0 Å². The van der Waals surface area contributed by atoms with Gasteiger partial charge >= 0.3 is 0 Å². The number of ether oxygens (including phenoxy) is 1. The minimum atomic E-state index is -1.01. The molecule has 0 radical (unpaired) electrons. The van der Waals surface area contributed by atoms with Gasteiger partial charge in [-0.1, -0.05) is 5.16 Å². The van der Waals surface area contributed by atoms with Gasteiger partial charge in [-0.15, -0.1) is 0 Å². The van der Waals surface area contributed by atoms with Crippen LogP contribution >= 0.6 is 0 Å². The first-order valence-electron chi connectivity index (χ1n) is 9.15. The van der Waals surface area contributed by atoms with E-state index in [2.05, 4.69) is 5.16 Å². The van der Waals surface area contributed by atoms with Crippen LogP contribution in [0.2, 0.25) is 0 Å². The van der Waals surface area contributed by atoms with Crippen molar-refractivity contribution in [2.24, 2.45) is 0 Å². The zero-order valence-corrected chi connectivity index (χ0v) is 15.1. The maximum atomic E-state index is 13.4. The maximum Gasteiger partial charge on any atom is 0.276 e. The number of hydrogen-bond acceptors (Lipinski definition) is 5. The molecule has 2 aromatic rings. The Kier molecular flexibility index (Phi) is 5.08.